The van der Waals surface area contributed by atoms with Gasteiger partial charge in [-0.1, -0.05) is 102 Å². The average Bonchev–Trinajstić information content (AvgIpc) is 3.37. The molecule has 4 aromatic carbocycles. The number of nitrogens with one attached hydrogen (secondary N) is 2. The van der Waals surface area contributed by atoms with Crippen molar-refractivity contribution in [2.75, 3.05) is 5.32 Å². The van der Waals surface area contributed by atoms with Gasteiger partial charge in [0.05, 0.1) is 0 Å². The Balaban J connectivity index is 1.38. The minimum Gasteiger partial charge on any atom is -0.340 e. The van der Waals surface area contributed by atoms with E-state index in [4.69, 9.17) is 0 Å². The summed E-state index contributed by atoms with van der Waals surface area (Å²) in [7, 11) is 0. The van der Waals surface area contributed by atoms with E-state index in [0.29, 0.717) is 22.1 Å². The van der Waals surface area contributed by atoms with Crippen molar-refractivity contribution in [3.05, 3.63) is 114 Å². The highest BCUT2D eigenvalue weighted by atomic mass is 32.1. The molecule has 0 bridgehead atoms. The number of benzene rings is 4. The monoisotopic (exact) mass is 492 g/mol. The fourth-order valence-corrected chi connectivity index (χ4v) is 4.82. The lowest BCUT2D eigenvalue weighted by molar-refractivity contribution is -0.118. The van der Waals surface area contributed by atoms with E-state index < -0.39 is 6.04 Å². The first kappa shape index (κ1) is 23.4. The van der Waals surface area contributed by atoms with Crippen molar-refractivity contribution in [1.29, 1.82) is 0 Å². The summed E-state index contributed by atoms with van der Waals surface area (Å²) in [5.74, 6) is -0.653. The summed E-state index contributed by atoms with van der Waals surface area (Å²) in [4.78, 5) is 26.7. The van der Waals surface area contributed by atoms with Crippen LogP contribution in [0.25, 0.3) is 21.3 Å². The van der Waals surface area contributed by atoms with Gasteiger partial charge >= 0.3 is 0 Å². The fraction of sp³-hybridized carbons (Fsp3) is 0.103. The summed E-state index contributed by atoms with van der Waals surface area (Å²) >= 11 is 1.30. The van der Waals surface area contributed by atoms with E-state index in [2.05, 4.69) is 20.8 Å². The van der Waals surface area contributed by atoms with Crippen LogP contribution in [0.4, 0.5) is 5.13 Å². The van der Waals surface area contributed by atoms with E-state index in [-0.39, 0.29) is 11.8 Å². The van der Waals surface area contributed by atoms with Gasteiger partial charge in [0.25, 0.3) is 5.91 Å². The minimum absolute atomic E-state index is 0.305. The largest absolute Gasteiger partial charge is 0.340 e. The lowest BCUT2D eigenvalue weighted by Crippen LogP contribution is -2.45. The molecule has 7 heteroatoms. The Morgan fingerprint density at radius 1 is 0.861 bits per heavy atom. The average molecular weight is 493 g/mol. The number of fused-ring (bicyclic) bond motifs is 1. The molecule has 0 aliphatic rings. The van der Waals surface area contributed by atoms with Crippen molar-refractivity contribution >= 4 is 39.1 Å². The van der Waals surface area contributed by atoms with Crippen LogP contribution >= 0.6 is 11.3 Å². The second-order valence-electron chi connectivity index (χ2n) is 8.51. The van der Waals surface area contributed by atoms with E-state index in [0.717, 1.165) is 27.5 Å². The molecule has 36 heavy (non-hydrogen) atoms. The van der Waals surface area contributed by atoms with E-state index in [9.17, 15) is 9.59 Å². The van der Waals surface area contributed by atoms with Gasteiger partial charge in [-0.05, 0) is 35.4 Å². The summed E-state index contributed by atoms with van der Waals surface area (Å²) in [5.41, 5.74) is 3.52. The summed E-state index contributed by atoms with van der Waals surface area (Å²) in [5, 5.41) is 17.1. The number of rotatable bonds is 7. The zero-order valence-corrected chi connectivity index (χ0v) is 20.5. The first-order valence-electron chi connectivity index (χ1n) is 11.6. The Bertz CT molecular complexity index is 1530. The third-order valence-electron chi connectivity index (χ3n) is 5.86. The van der Waals surface area contributed by atoms with Gasteiger partial charge < -0.3 is 5.32 Å². The molecule has 1 heterocycles. The molecule has 178 valence electrons. The van der Waals surface area contributed by atoms with Crippen LogP contribution in [0, 0.1) is 6.92 Å². The van der Waals surface area contributed by atoms with E-state index in [1.165, 1.54) is 11.3 Å². The van der Waals surface area contributed by atoms with Gasteiger partial charge in [-0.25, -0.2) is 0 Å². The zero-order chi connectivity index (χ0) is 24.9. The highest BCUT2D eigenvalue weighted by Gasteiger charge is 2.24. The molecule has 1 aromatic heterocycles. The fourth-order valence-electron chi connectivity index (χ4n) is 4.08. The topological polar surface area (TPSA) is 84.0 Å². The predicted molar refractivity (Wildman–Crippen MR) is 144 cm³/mol. The summed E-state index contributed by atoms with van der Waals surface area (Å²) in [6, 6.07) is 30.0. The molecule has 0 aliphatic heterocycles. The third-order valence-corrected chi connectivity index (χ3v) is 6.75. The standard InChI is InChI=1S/C29H24N4O2S/c1-19-9-7-14-22(17-19)28-32-33-29(36-28)31-27(35)25(18-20-10-3-2-4-11-20)30-26(34)24-16-8-13-21-12-5-6-15-23(21)24/h2-17,25H,18H2,1H3,(H,30,34)(H,31,33,35). The Labute approximate surface area is 213 Å². The van der Waals surface area contributed by atoms with Gasteiger partial charge in [-0.3, -0.25) is 14.9 Å². The number of carbonyl (C=O) groups is 2. The van der Waals surface area contributed by atoms with Gasteiger partial charge in [0.15, 0.2) is 0 Å². The molecule has 1 unspecified atom stereocenters. The van der Waals surface area contributed by atoms with Crippen molar-refractivity contribution in [2.24, 2.45) is 0 Å². The summed E-state index contributed by atoms with van der Waals surface area (Å²) in [6.07, 6.45) is 0.340. The van der Waals surface area contributed by atoms with Crippen molar-refractivity contribution < 1.29 is 9.59 Å². The maximum absolute atomic E-state index is 13.4. The number of aryl methyl sites for hydroxylation is 1. The lowest BCUT2D eigenvalue weighted by Gasteiger charge is -2.18. The quantitative estimate of drug-likeness (QED) is 0.308. The molecule has 2 N–H and O–H groups in total. The number of amides is 2. The van der Waals surface area contributed by atoms with Crippen LogP contribution in [0.3, 0.4) is 0 Å². The molecule has 0 fully saturated rings. The molecule has 0 aliphatic carbocycles. The smallest absolute Gasteiger partial charge is 0.252 e. The molecule has 5 rings (SSSR count). The Morgan fingerprint density at radius 2 is 1.61 bits per heavy atom. The van der Waals surface area contributed by atoms with Crippen LogP contribution in [0.2, 0.25) is 0 Å². The molecule has 2 amide bonds. The number of hydrogen-bond acceptors (Lipinski definition) is 5. The molecule has 0 saturated heterocycles. The third kappa shape index (κ3) is 5.31. The second-order valence-corrected chi connectivity index (χ2v) is 9.49. The maximum atomic E-state index is 13.4. The van der Waals surface area contributed by atoms with Crippen LogP contribution < -0.4 is 10.6 Å². The number of carbonyl (C=O) groups excluding carboxylic acids is 2. The molecule has 0 radical (unpaired) electrons. The predicted octanol–water partition coefficient (Wildman–Crippen LogP) is 5.65. The van der Waals surface area contributed by atoms with Gasteiger partial charge in [-0.15, -0.1) is 10.2 Å². The van der Waals surface area contributed by atoms with Crippen LogP contribution in [-0.2, 0) is 11.2 Å². The van der Waals surface area contributed by atoms with Crippen molar-refractivity contribution in [3.8, 4) is 10.6 Å². The van der Waals surface area contributed by atoms with Gasteiger partial charge in [0, 0.05) is 17.5 Å². The van der Waals surface area contributed by atoms with Crippen molar-refractivity contribution in [2.45, 2.75) is 19.4 Å². The number of aromatic nitrogens is 2. The highest BCUT2D eigenvalue weighted by molar-refractivity contribution is 7.18. The maximum Gasteiger partial charge on any atom is 0.252 e. The SMILES string of the molecule is Cc1cccc(-c2nnc(NC(=O)C(Cc3ccccc3)NC(=O)c3cccc4ccccc34)s2)c1. The summed E-state index contributed by atoms with van der Waals surface area (Å²) in [6.45, 7) is 2.01. The molecule has 0 saturated carbocycles. The Hall–Kier alpha value is -4.36. The number of hydrogen-bond donors (Lipinski definition) is 2. The molecule has 5 aromatic rings. The van der Waals surface area contributed by atoms with Gasteiger partial charge in [0.1, 0.15) is 11.0 Å². The highest BCUT2D eigenvalue weighted by Crippen LogP contribution is 2.27. The van der Waals surface area contributed by atoms with Gasteiger partial charge in [-0.2, -0.15) is 0 Å². The van der Waals surface area contributed by atoms with Crippen LogP contribution in [-0.4, -0.2) is 28.1 Å². The van der Waals surface area contributed by atoms with Gasteiger partial charge in [0.2, 0.25) is 11.0 Å². The number of nitrogens with zero attached hydrogens (tertiary/aromatic N) is 2. The zero-order valence-electron chi connectivity index (χ0n) is 19.6. The molecule has 6 nitrogen and oxygen atoms in total. The van der Waals surface area contributed by atoms with Crippen molar-refractivity contribution in [1.82, 2.24) is 15.5 Å². The first-order valence-corrected chi connectivity index (χ1v) is 12.4. The molecular weight excluding hydrogens is 468 g/mol. The van der Waals surface area contributed by atoms with E-state index >= 15 is 0 Å². The van der Waals surface area contributed by atoms with Crippen LogP contribution in [0.1, 0.15) is 21.5 Å². The molecule has 1 atom stereocenters. The minimum atomic E-state index is -0.801. The Kier molecular flexibility index (Phi) is 6.82. The number of anilines is 1. The molecular formula is C29H24N4O2S. The molecule has 0 spiro atoms. The lowest BCUT2D eigenvalue weighted by atomic mass is 10.0. The first-order chi connectivity index (χ1) is 17.6. The van der Waals surface area contributed by atoms with Crippen LogP contribution in [0.5, 0.6) is 0 Å². The van der Waals surface area contributed by atoms with Crippen molar-refractivity contribution in [3.63, 3.8) is 0 Å². The second kappa shape index (κ2) is 10.5. The van der Waals surface area contributed by atoms with Crippen LogP contribution in [0.15, 0.2) is 97.1 Å². The summed E-state index contributed by atoms with van der Waals surface area (Å²) < 4.78 is 0. The Morgan fingerprint density at radius 3 is 2.44 bits per heavy atom. The van der Waals surface area contributed by atoms with E-state index in [1.54, 1.807) is 6.07 Å². The van der Waals surface area contributed by atoms with E-state index in [1.807, 2.05) is 97.9 Å². The normalized spacial score (nSPS) is 11.7.